The van der Waals surface area contributed by atoms with Crippen LogP contribution in [-0.2, 0) is 4.74 Å². The third-order valence-corrected chi connectivity index (χ3v) is 1.39. The fourth-order valence-corrected chi connectivity index (χ4v) is 0.844. The van der Waals surface area contributed by atoms with Gasteiger partial charge in [0.15, 0.2) is 5.75 Å². The summed E-state index contributed by atoms with van der Waals surface area (Å²) in [6.45, 7) is 1.96. The van der Waals surface area contributed by atoms with Crippen molar-refractivity contribution in [3.05, 3.63) is 18.3 Å². The SMILES string of the molecule is CCOC(=O)Oc1cccnc1OC. The Labute approximate surface area is 81.6 Å². The second-order valence-corrected chi connectivity index (χ2v) is 2.30. The maximum absolute atomic E-state index is 11.0. The molecule has 0 atom stereocenters. The Morgan fingerprint density at radius 1 is 1.57 bits per heavy atom. The molecule has 0 aliphatic carbocycles. The third kappa shape index (κ3) is 2.62. The van der Waals surface area contributed by atoms with Crippen molar-refractivity contribution in [3.63, 3.8) is 0 Å². The average molecular weight is 197 g/mol. The van der Waals surface area contributed by atoms with Gasteiger partial charge < -0.3 is 14.2 Å². The first kappa shape index (κ1) is 10.3. The predicted molar refractivity (Wildman–Crippen MR) is 48.4 cm³/mol. The first-order chi connectivity index (χ1) is 6.77. The van der Waals surface area contributed by atoms with Crippen molar-refractivity contribution in [1.82, 2.24) is 4.98 Å². The molecule has 5 nitrogen and oxygen atoms in total. The monoisotopic (exact) mass is 197 g/mol. The van der Waals surface area contributed by atoms with E-state index in [2.05, 4.69) is 9.72 Å². The van der Waals surface area contributed by atoms with Crippen molar-refractivity contribution in [1.29, 1.82) is 0 Å². The van der Waals surface area contributed by atoms with Gasteiger partial charge in [0.25, 0.3) is 5.88 Å². The first-order valence-electron chi connectivity index (χ1n) is 4.11. The highest BCUT2D eigenvalue weighted by molar-refractivity contribution is 5.64. The van der Waals surface area contributed by atoms with Gasteiger partial charge in [-0.25, -0.2) is 9.78 Å². The first-order valence-corrected chi connectivity index (χ1v) is 4.11. The molecule has 0 N–H and O–H groups in total. The van der Waals surface area contributed by atoms with E-state index in [1.165, 1.54) is 13.3 Å². The fraction of sp³-hybridized carbons (Fsp3) is 0.333. The van der Waals surface area contributed by atoms with Crippen LogP contribution in [0, 0.1) is 0 Å². The quantitative estimate of drug-likeness (QED) is 0.689. The maximum atomic E-state index is 11.0. The number of hydrogen-bond acceptors (Lipinski definition) is 5. The van der Waals surface area contributed by atoms with Crippen LogP contribution in [0.15, 0.2) is 18.3 Å². The van der Waals surface area contributed by atoms with E-state index in [9.17, 15) is 4.79 Å². The molecule has 1 rings (SSSR count). The van der Waals surface area contributed by atoms with Crippen molar-refractivity contribution >= 4 is 6.16 Å². The number of rotatable bonds is 3. The van der Waals surface area contributed by atoms with Gasteiger partial charge in [-0.1, -0.05) is 0 Å². The van der Waals surface area contributed by atoms with Gasteiger partial charge in [-0.3, -0.25) is 0 Å². The molecule has 5 heteroatoms. The molecule has 0 aromatic carbocycles. The van der Waals surface area contributed by atoms with Crippen LogP contribution in [0.4, 0.5) is 4.79 Å². The molecule has 76 valence electrons. The van der Waals surface area contributed by atoms with Crippen LogP contribution >= 0.6 is 0 Å². The van der Waals surface area contributed by atoms with Crippen molar-refractivity contribution in [2.24, 2.45) is 0 Å². The minimum absolute atomic E-state index is 0.244. The summed E-state index contributed by atoms with van der Waals surface area (Å²) in [6.07, 6.45) is 0.774. The summed E-state index contributed by atoms with van der Waals surface area (Å²) in [6, 6.07) is 3.21. The summed E-state index contributed by atoms with van der Waals surface area (Å²) >= 11 is 0. The zero-order valence-corrected chi connectivity index (χ0v) is 8.02. The standard InChI is InChI=1S/C9H11NO4/c1-3-13-9(11)14-7-5-4-6-10-8(7)12-2/h4-6H,3H2,1-2H3. The molecule has 0 bridgehead atoms. The van der Waals surface area contributed by atoms with Gasteiger partial charge >= 0.3 is 6.16 Å². The summed E-state index contributed by atoms with van der Waals surface area (Å²) in [4.78, 5) is 14.8. The van der Waals surface area contributed by atoms with Gasteiger partial charge in [0.1, 0.15) is 0 Å². The highest BCUT2D eigenvalue weighted by atomic mass is 16.7. The normalized spacial score (nSPS) is 9.29. The Balaban J connectivity index is 2.70. The number of carbonyl (C=O) groups excluding carboxylic acids is 1. The number of pyridine rings is 1. The van der Waals surface area contributed by atoms with Crippen molar-refractivity contribution in [2.45, 2.75) is 6.92 Å². The van der Waals surface area contributed by atoms with Crippen molar-refractivity contribution in [3.8, 4) is 11.6 Å². The molecule has 0 spiro atoms. The number of carbonyl (C=O) groups is 1. The molecule has 0 saturated carbocycles. The predicted octanol–water partition coefficient (Wildman–Crippen LogP) is 1.63. The molecule has 0 amide bonds. The van der Waals surface area contributed by atoms with E-state index < -0.39 is 6.16 Å². The van der Waals surface area contributed by atoms with Gasteiger partial charge in [-0.2, -0.15) is 0 Å². The molecular weight excluding hydrogens is 186 g/mol. The lowest BCUT2D eigenvalue weighted by atomic mass is 10.4. The van der Waals surface area contributed by atoms with E-state index in [4.69, 9.17) is 9.47 Å². The van der Waals surface area contributed by atoms with Crippen molar-refractivity contribution in [2.75, 3.05) is 13.7 Å². The largest absolute Gasteiger partial charge is 0.514 e. The number of aromatic nitrogens is 1. The van der Waals surface area contributed by atoms with Crippen LogP contribution in [0.1, 0.15) is 6.92 Å². The number of ether oxygens (including phenoxy) is 3. The van der Waals surface area contributed by atoms with Crippen LogP contribution < -0.4 is 9.47 Å². The van der Waals surface area contributed by atoms with E-state index in [-0.39, 0.29) is 18.2 Å². The van der Waals surface area contributed by atoms with Crippen LogP contribution in [0.5, 0.6) is 11.6 Å². The summed E-state index contributed by atoms with van der Waals surface area (Å²) < 4.78 is 14.3. The lowest BCUT2D eigenvalue weighted by Crippen LogP contribution is -2.10. The van der Waals surface area contributed by atoms with E-state index in [1.807, 2.05) is 0 Å². The molecule has 1 aromatic rings. The molecule has 1 heterocycles. The van der Waals surface area contributed by atoms with Crippen LogP contribution in [-0.4, -0.2) is 24.9 Å². The topological polar surface area (TPSA) is 57.7 Å². The van der Waals surface area contributed by atoms with E-state index >= 15 is 0 Å². The molecule has 1 aromatic heterocycles. The maximum Gasteiger partial charge on any atom is 0.514 e. The smallest absolute Gasteiger partial charge is 0.478 e. The van der Waals surface area contributed by atoms with Gasteiger partial charge in [-0.15, -0.1) is 0 Å². The van der Waals surface area contributed by atoms with E-state index in [0.29, 0.717) is 0 Å². The van der Waals surface area contributed by atoms with Crippen LogP contribution in [0.25, 0.3) is 0 Å². The second-order valence-electron chi connectivity index (χ2n) is 2.30. The summed E-state index contributed by atoms with van der Waals surface area (Å²) in [7, 11) is 1.44. The minimum Gasteiger partial charge on any atom is -0.478 e. The summed E-state index contributed by atoms with van der Waals surface area (Å²) in [5, 5.41) is 0. The summed E-state index contributed by atoms with van der Waals surface area (Å²) in [5.41, 5.74) is 0. The number of nitrogens with zero attached hydrogens (tertiary/aromatic N) is 1. The van der Waals surface area contributed by atoms with Crippen LogP contribution in [0.2, 0.25) is 0 Å². The molecule has 0 unspecified atom stereocenters. The highest BCUT2D eigenvalue weighted by Crippen LogP contribution is 2.22. The van der Waals surface area contributed by atoms with Gasteiger partial charge in [0, 0.05) is 6.20 Å². The lowest BCUT2D eigenvalue weighted by molar-refractivity contribution is 0.103. The molecule has 0 aliphatic rings. The van der Waals surface area contributed by atoms with E-state index in [1.54, 1.807) is 19.1 Å². The van der Waals surface area contributed by atoms with E-state index in [0.717, 1.165) is 0 Å². The van der Waals surface area contributed by atoms with Gasteiger partial charge in [-0.05, 0) is 19.1 Å². The second kappa shape index (κ2) is 5.06. The summed E-state index contributed by atoms with van der Waals surface area (Å²) in [5.74, 6) is 0.494. The molecular formula is C9H11NO4. The molecule has 0 radical (unpaired) electrons. The zero-order valence-electron chi connectivity index (χ0n) is 8.02. The lowest BCUT2D eigenvalue weighted by Gasteiger charge is -2.06. The third-order valence-electron chi connectivity index (χ3n) is 1.39. The Morgan fingerprint density at radius 2 is 2.36 bits per heavy atom. The minimum atomic E-state index is -0.765. The number of hydrogen-bond donors (Lipinski definition) is 0. The van der Waals surface area contributed by atoms with Gasteiger partial charge in [0.05, 0.1) is 13.7 Å². The Morgan fingerprint density at radius 3 is 3.00 bits per heavy atom. The number of methoxy groups -OCH3 is 1. The zero-order chi connectivity index (χ0) is 10.4. The molecule has 0 fully saturated rings. The molecule has 0 aliphatic heterocycles. The van der Waals surface area contributed by atoms with Gasteiger partial charge in [0.2, 0.25) is 0 Å². The molecule has 0 saturated heterocycles. The van der Waals surface area contributed by atoms with Crippen molar-refractivity contribution < 1.29 is 19.0 Å². The highest BCUT2D eigenvalue weighted by Gasteiger charge is 2.10. The Hall–Kier alpha value is -1.78. The Kier molecular flexibility index (Phi) is 3.72. The average Bonchev–Trinajstić information content (AvgIpc) is 2.19. The van der Waals surface area contributed by atoms with Crippen LogP contribution in [0.3, 0.4) is 0 Å². The molecule has 14 heavy (non-hydrogen) atoms. The Bertz CT molecular complexity index is 313. The fourth-order valence-electron chi connectivity index (χ4n) is 0.844.